The fraction of sp³-hybridized carbons (Fsp3) is 0.500. The van der Waals surface area contributed by atoms with Crippen molar-refractivity contribution in [3.05, 3.63) is 60.4 Å². The third-order valence-electron chi connectivity index (χ3n) is 12.2. The van der Waals surface area contributed by atoms with Crippen LogP contribution in [0, 0.1) is 11.7 Å². The first-order valence-electron chi connectivity index (χ1n) is 20.4. The van der Waals surface area contributed by atoms with E-state index in [2.05, 4.69) is 15.4 Å². The maximum absolute atomic E-state index is 14.7. The van der Waals surface area contributed by atoms with Gasteiger partial charge in [0.05, 0.1) is 17.3 Å². The maximum Gasteiger partial charge on any atom is 0.408 e. The molecule has 306 valence electrons. The quantitative estimate of drug-likeness (QED) is 0.197. The van der Waals surface area contributed by atoms with Crippen molar-refractivity contribution in [1.29, 1.82) is 0 Å². The average Bonchev–Trinajstić information content (AvgIpc) is 4.02. The number of fused-ring (bicyclic) bond motifs is 6. The molecule has 1 saturated heterocycles. The van der Waals surface area contributed by atoms with Crippen molar-refractivity contribution in [2.75, 3.05) is 6.54 Å². The molecule has 16 heteroatoms. The molecule has 58 heavy (non-hydrogen) atoms. The number of nitrogens with zero attached hydrogens (tertiary/aromatic N) is 2. The lowest BCUT2D eigenvalue weighted by atomic mass is 10.0. The van der Waals surface area contributed by atoms with E-state index in [1.165, 1.54) is 23.1 Å². The molecule has 4 heterocycles. The molecule has 5 aliphatic rings. The van der Waals surface area contributed by atoms with Gasteiger partial charge in [0.15, 0.2) is 11.3 Å². The standard InChI is InChI=1S/C42H46FN5O9S/c43-25-16-19-34-30(20-25)35-37(57-34)36(29-13-8-9-14-31(29)44-35)55-27-21-33-38(49)46-42(40(51)47-58(53,54)28-17-18-28)22-24(42)10-4-2-1-3-5-15-32(39(50)48(33)23-27)45-41(52)56-26-11-6-7-12-26/h4,8-10,13-14,16,19-20,24,26-28,32-33H,1-3,5-7,11-12,15,17-18,21-23H2,(H,45,52)(H,46,49)(H,47,51)/t24-,27-,32+,33+,42-/m1/s1. The smallest absolute Gasteiger partial charge is 0.408 e. The Morgan fingerprint density at radius 3 is 2.57 bits per heavy atom. The first-order chi connectivity index (χ1) is 28.0. The highest BCUT2D eigenvalue weighted by Crippen LogP contribution is 2.46. The Labute approximate surface area is 334 Å². The Hall–Kier alpha value is -5.25. The van der Waals surface area contributed by atoms with Crippen LogP contribution < -0.4 is 20.1 Å². The van der Waals surface area contributed by atoms with Gasteiger partial charge in [0.1, 0.15) is 46.7 Å². The van der Waals surface area contributed by atoms with E-state index < -0.39 is 74.5 Å². The number of sulfonamides is 1. The predicted molar refractivity (Wildman–Crippen MR) is 210 cm³/mol. The van der Waals surface area contributed by atoms with E-state index in [-0.39, 0.29) is 31.1 Å². The molecule has 5 atom stereocenters. The zero-order valence-corrected chi connectivity index (χ0v) is 32.7. The highest BCUT2D eigenvalue weighted by molar-refractivity contribution is 7.91. The number of nitrogens with one attached hydrogen (secondary N) is 3. The maximum atomic E-state index is 14.7. The summed E-state index contributed by atoms with van der Waals surface area (Å²) in [5, 5.41) is 6.11. The van der Waals surface area contributed by atoms with Crippen molar-refractivity contribution in [2.45, 2.75) is 119 Å². The summed E-state index contributed by atoms with van der Waals surface area (Å²) >= 11 is 0. The van der Waals surface area contributed by atoms with E-state index in [0.29, 0.717) is 65.2 Å². The summed E-state index contributed by atoms with van der Waals surface area (Å²) in [4.78, 5) is 62.5. The third-order valence-corrected chi connectivity index (χ3v) is 14.0. The highest BCUT2D eigenvalue weighted by Gasteiger charge is 2.62. The Morgan fingerprint density at radius 1 is 0.966 bits per heavy atom. The van der Waals surface area contributed by atoms with E-state index in [1.54, 1.807) is 6.07 Å². The van der Waals surface area contributed by atoms with Gasteiger partial charge in [-0.05, 0) is 94.5 Å². The molecule has 14 nitrogen and oxygen atoms in total. The lowest BCUT2D eigenvalue weighted by Gasteiger charge is -2.30. The van der Waals surface area contributed by atoms with Crippen LogP contribution in [0.15, 0.2) is 59.0 Å². The van der Waals surface area contributed by atoms with E-state index in [0.717, 1.165) is 38.5 Å². The molecule has 3 aliphatic carbocycles. The number of furan rings is 1. The number of benzene rings is 2. The van der Waals surface area contributed by atoms with Gasteiger partial charge in [0.2, 0.25) is 21.8 Å². The van der Waals surface area contributed by atoms with Crippen LogP contribution in [0.25, 0.3) is 33.0 Å². The molecule has 4 aromatic rings. The molecule has 0 unspecified atom stereocenters. The van der Waals surface area contributed by atoms with Crippen LogP contribution in [-0.2, 0) is 29.1 Å². The summed E-state index contributed by atoms with van der Waals surface area (Å²) in [6.07, 6.45) is 9.72. The van der Waals surface area contributed by atoms with Gasteiger partial charge in [-0.3, -0.25) is 19.1 Å². The number of para-hydroxylation sites is 1. The Morgan fingerprint density at radius 2 is 1.76 bits per heavy atom. The SMILES string of the molecule is O=C(N[C@H]1CCCCCC=C[C@@H]2C[C@@]2(C(=O)NS(=O)(=O)C2CC2)NC(=O)[C@@H]2C[C@@H](Oc3c4ccccc4nc4c3oc3ccc(F)cc34)CN2C1=O)OC1CCCC1. The van der Waals surface area contributed by atoms with Crippen molar-refractivity contribution in [3.8, 4) is 5.75 Å². The van der Waals surface area contributed by atoms with E-state index in [9.17, 15) is 32.0 Å². The van der Waals surface area contributed by atoms with Crippen LogP contribution >= 0.6 is 0 Å². The van der Waals surface area contributed by atoms with Crippen molar-refractivity contribution in [2.24, 2.45) is 5.92 Å². The number of allylic oxidation sites excluding steroid dienone is 1. The molecular formula is C42H46FN5O9S. The zero-order chi connectivity index (χ0) is 40.2. The molecule has 4 amide bonds. The Bertz CT molecular complexity index is 2440. The number of aromatic nitrogens is 1. The molecule has 3 saturated carbocycles. The Kier molecular flexibility index (Phi) is 10.0. The summed E-state index contributed by atoms with van der Waals surface area (Å²) in [6.45, 7) is -0.0711. The van der Waals surface area contributed by atoms with Crippen LogP contribution in [0.4, 0.5) is 9.18 Å². The van der Waals surface area contributed by atoms with E-state index in [4.69, 9.17) is 18.9 Å². The van der Waals surface area contributed by atoms with Gasteiger partial charge >= 0.3 is 6.09 Å². The second kappa shape index (κ2) is 15.2. The number of rotatable bonds is 7. The molecule has 3 N–H and O–H groups in total. The number of hydrogen-bond acceptors (Lipinski definition) is 10. The van der Waals surface area contributed by atoms with Gasteiger partial charge in [-0.2, -0.15) is 0 Å². The number of ether oxygens (including phenoxy) is 2. The zero-order valence-electron chi connectivity index (χ0n) is 31.9. The highest BCUT2D eigenvalue weighted by atomic mass is 32.2. The summed E-state index contributed by atoms with van der Waals surface area (Å²) in [5.74, 6) is -2.58. The third kappa shape index (κ3) is 7.46. The van der Waals surface area contributed by atoms with Crippen LogP contribution in [0.3, 0.4) is 0 Å². The first kappa shape index (κ1) is 38.3. The lowest BCUT2D eigenvalue weighted by molar-refractivity contribution is -0.141. The molecule has 2 aromatic carbocycles. The summed E-state index contributed by atoms with van der Waals surface area (Å²) in [5.41, 5.74) is 0.0797. The Balaban J connectivity index is 1.06. The van der Waals surface area contributed by atoms with Crippen LogP contribution in [-0.4, -0.2) is 83.7 Å². The summed E-state index contributed by atoms with van der Waals surface area (Å²) < 4.78 is 61.1. The van der Waals surface area contributed by atoms with Crippen molar-refractivity contribution >= 4 is 66.8 Å². The first-order valence-corrected chi connectivity index (χ1v) is 21.9. The topological polar surface area (TPSA) is 186 Å². The number of amides is 4. The monoisotopic (exact) mass is 815 g/mol. The number of pyridine rings is 1. The van der Waals surface area contributed by atoms with Crippen molar-refractivity contribution in [3.63, 3.8) is 0 Å². The normalized spacial score (nSPS) is 27.1. The van der Waals surface area contributed by atoms with Gasteiger partial charge in [-0.25, -0.2) is 22.6 Å². The number of hydrogen-bond donors (Lipinski definition) is 3. The largest absolute Gasteiger partial charge is 0.484 e. The van der Waals surface area contributed by atoms with Gasteiger partial charge in [0.25, 0.3) is 5.91 Å². The molecule has 0 radical (unpaired) electrons. The fourth-order valence-electron chi connectivity index (χ4n) is 8.79. The average molecular weight is 816 g/mol. The molecule has 9 rings (SSSR count). The minimum absolute atomic E-state index is 0.0115. The number of carbonyl (C=O) groups excluding carboxylic acids is 4. The van der Waals surface area contributed by atoms with E-state index >= 15 is 0 Å². The molecule has 2 aliphatic heterocycles. The molecule has 0 spiro atoms. The molecule has 0 bridgehead atoms. The number of alkyl carbamates (subject to hydrolysis) is 1. The molecular weight excluding hydrogens is 770 g/mol. The molecule has 4 fully saturated rings. The lowest BCUT2D eigenvalue weighted by Crippen LogP contribution is -2.58. The summed E-state index contributed by atoms with van der Waals surface area (Å²) in [6, 6.07) is 9.21. The van der Waals surface area contributed by atoms with Crippen LogP contribution in [0.2, 0.25) is 0 Å². The minimum atomic E-state index is -3.92. The summed E-state index contributed by atoms with van der Waals surface area (Å²) in [7, 11) is -3.92. The fourth-order valence-corrected chi connectivity index (χ4v) is 10.2. The second-order valence-electron chi connectivity index (χ2n) is 16.4. The second-order valence-corrected chi connectivity index (χ2v) is 18.3. The van der Waals surface area contributed by atoms with Gasteiger partial charge in [0, 0.05) is 23.1 Å². The van der Waals surface area contributed by atoms with Crippen molar-refractivity contribution in [1.82, 2.24) is 25.2 Å². The number of halogens is 1. The van der Waals surface area contributed by atoms with Crippen LogP contribution in [0.5, 0.6) is 5.75 Å². The van der Waals surface area contributed by atoms with Gasteiger partial charge in [-0.1, -0.05) is 37.1 Å². The van der Waals surface area contributed by atoms with Crippen molar-refractivity contribution < 1.29 is 45.9 Å². The van der Waals surface area contributed by atoms with Crippen LogP contribution in [0.1, 0.15) is 83.5 Å². The minimum Gasteiger partial charge on any atom is -0.484 e. The van der Waals surface area contributed by atoms with Gasteiger partial charge < -0.3 is 29.4 Å². The van der Waals surface area contributed by atoms with Gasteiger partial charge in [-0.15, -0.1) is 0 Å². The number of carbonyl (C=O) groups is 4. The van der Waals surface area contributed by atoms with E-state index in [1.807, 2.05) is 30.4 Å². The molecule has 2 aromatic heterocycles. The predicted octanol–water partition coefficient (Wildman–Crippen LogP) is 5.66.